The molecule has 0 aromatic heterocycles. The number of rotatable bonds is 2. The van der Waals surface area contributed by atoms with Gasteiger partial charge in [0, 0.05) is 18.2 Å². The second-order valence-corrected chi connectivity index (χ2v) is 8.44. The molecule has 4 rings (SSSR count). The van der Waals surface area contributed by atoms with E-state index in [9.17, 15) is 20.6 Å². The van der Waals surface area contributed by atoms with Gasteiger partial charge in [-0.1, -0.05) is 38.1 Å². The Hall–Kier alpha value is -3.56. The topological polar surface area (TPSA) is 118 Å². The van der Waals surface area contributed by atoms with E-state index in [-0.39, 0.29) is 23.1 Å². The molecule has 3 atom stereocenters. The second-order valence-electron chi connectivity index (χ2n) is 8.44. The molecule has 3 aliphatic rings. The number of para-hydroxylation sites is 1. The van der Waals surface area contributed by atoms with E-state index in [1.54, 1.807) is 4.90 Å². The van der Waals surface area contributed by atoms with Crippen LogP contribution in [0.3, 0.4) is 0 Å². The number of carbonyl (C=O) groups is 1. The number of anilines is 1. The van der Waals surface area contributed by atoms with Crippen molar-refractivity contribution in [2.45, 2.75) is 38.5 Å². The second kappa shape index (κ2) is 6.75. The summed E-state index contributed by atoms with van der Waals surface area (Å²) in [5.74, 6) is -0.386. The number of carbonyl (C=O) groups excluding carboxylic acids is 1. The summed E-state index contributed by atoms with van der Waals surface area (Å²) >= 11 is 0. The minimum Gasteiger partial charge on any atom is -0.399 e. The lowest BCUT2D eigenvalue weighted by atomic mass is 9.50. The largest absolute Gasteiger partial charge is 0.399 e. The quantitative estimate of drug-likeness (QED) is 0.767. The third kappa shape index (κ3) is 2.13. The van der Waals surface area contributed by atoms with Crippen molar-refractivity contribution in [1.29, 1.82) is 15.8 Å². The summed E-state index contributed by atoms with van der Waals surface area (Å²) in [6, 6.07) is 13.9. The predicted octanol–water partition coefficient (Wildman–Crippen LogP) is 3.44. The van der Waals surface area contributed by atoms with Gasteiger partial charge in [0.05, 0.1) is 29.5 Å². The standard InChI is InChI=1S/C24H23N5O/c1-3-10-29-20-7-5-4-6-17(20)24(22(29)30)18-11-15(2)8-9-16(18)23(13-26,14-27)21(28)19(24)12-25/h4-7,9,15,18H,3,8,10-11,28H2,1-2H3/t15-,18+,24+/m1/s1. The van der Waals surface area contributed by atoms with Crippen molar-refractivity contribution in [2.24, 2.45) is 23.0 Å². The summed E-state index contributed by atoms with van der Waals surface area (Å²) in [4.78, 5) is 15.8. The van der Waals surface area contributed by atoms with Crippen LogP contribution in [-0.4, -0.2) is 12.5 Å². The highest BCUT2D eigenvalue weighted by Gasteiger charge is 2.66. The van der Waals surface area contributed by atoms with Crippen LogP contribution in [0.4, 0.5) is 5.69 Å². The fourth-order valence-electron chi connectivity index (χ4n) is 5.58. The molecule has 1 aromatic carbocycles. The Morgan fingerprint density at radius 1 is 1.23 bits per heavy atom. The summed E-state index contributed by atoms with van der Waals surface area (Å²) in [6.45, 7) is 4.62. The molecule has 0 saturated heterocycles. The Kier molecular flexibility index (Phi) is 4.44. The van der Waals surface area contributed by atoms with Gasteiger partial charge in [0.15, 0.2) is 0 Å². The van der Waals surface area contributed by atoms with Crippen molar-refractivity contribution in [3.05, 3.63) is 52.7 Å². The molecule has 0 saturated carbocycles. The molecule has 0 radical (unpaired) electrons. The lowest BCUT2D eigenvalue weighted by Crippen LogP contribution is -2.55. The zero-order chi connectivity index (χ0) is 21.7. The van der Waals surface area contributed by atoms with Gasteiger partial charge in [0.1, 0.15) is 5.41 Å². The maximum absolute atomic E-state index is 14.1. The molecule has 0 bridgehead atoms. The summed E-state index contributed by atoms with van der Waals surface area (Å²) < 4.78 is 0. The summed E-state index contributed by atoms with van der Waals surface area (Å²) in [5, 5.41) is 30.3. The van der Waals surface area contributed by atoms with Crippen LogP contribution in [0.15, 0.2) is 47.2 Å². The summed E-state index contributed by atoms with van der Waals surface area (Å²) in [6.07, 6.45) is 3.99. The van der Waals surface area contributed by atoms with E-state index in [0.717, 1.165) is 17.7 Å². The van der Waals surface area contributed by atoms with Gasteiger partial charge in [-0.15, -0.1) is 0 Å². The van der Waals surface area contributed by atoms with Crippen molar-refractivity contribution < 1.29 is 4.79 Å². The fourth-order valence-corrected chi connectivity index (χ4v) is 5.58. The minimum atomic E-state index is -1.71. The Balaban J connectivity index is 2.16. The number of nitrogens with two attached hydrogens (primary N) is 1. The number of nitrogens with zero attached hydrogens (tertiary/aromatic N) is 4. The number of amides is 1. The predicted molar refractivity (Wildman–Crippen MR) is 111 cm³/mol. The lowest BCUT2D eigenvalue weighted by molar-refractivity contribution is -0.123. The van der Waals surface area contributed by atoms with Gasteiger partial charge in [-0.25, -0.2) is 0 Å². The number of allylic oxidation sites excluding steroid dienone is 2. The Morgan fingerprint density at radius 3 is 2.57 bits per heavy atom. The molecule has 1 aromatic rings. The third-order valence-corrected chi connectivity index (χ3v) is 6.87. The summed E-state index contributed by atoms with van der Waals surface area (Å²) in [5.41, 5.74) is 5.47. The SMILES string of the molecule is CCCN1C(=O)[C@@]2(C(C#N)=C(N)C(C#N)(C#N)C3=CC[C@@H](C)C[C@@H]32)c2ccccc21. The van der Waals surface area contributed by atoms with Crippen molar-refractivity contribution in [3.8, 4) is 18.2 Å². The first kappa shape index (κ1) is 19.7. The zero-order valence-corrected chi connectivity index (χ0v) is 17.1. The molecule has 1 heterocycles. The molecule has 0 unspecified atom stereocenters. The Bertz CT molecular complexity index is 1110. The van der Waals surface area contributed by atoms with Crippen LogP contribution in [0.2, 0.25) is 0 Å². The molecule has 1 spiro atoms. The average molecular weight is 397 g/mol. The highest BCUT2D eigenvalue weighted by Crippen LogP contribution is 2.62. The number of hydrogen-bond donors (Lipinski definition) is 1. The number of hydrogen-bond acceptors (Lipinski definition) is 5. The molecular weight excluding hydrogens is 374 g/mol. The van der Waals surface area contributed by atoms with E-state index in [0.29, 0.717) is 25.0 Å². The first-order valence-corrected chi connectivity index (χ1v) is 10.3. The minimum absolute atomic E-state index is 0.0536. The Labute approximate surface area is 176 Å². The van der Waals surface area contributed by atoms with Gasteiger partial charge in [0.25, 0.3) is 0 Å². The molecular formula is C24H23N5O. The molecule has 2 aliphatic carbocycles. The monoisotopic (exact) mass is 397 g/mol. The van der Waals surface area contributed by atoms with Crippen LogP contribution >= 0.6 is 0 Å². The zero-order valence-electron chi connectivity index (χ0n) is 17.1. The van der Waals surface area contributed by atoms with Crippen molar-refractivity contribution in [2.75, 3.05) is 11.4 Å². The first-order chi connectivity index (χ1) is 14.4. The average Bonchev–Trinajstić information content (AvgIpc) is 3.00. The molecule has 6 nitrogen and oxygen atoms in total. The smallest absolute Gasteiger partial charge is 0.243 e. The summed E-state index contributed by atoms with van der Waals surface area (Å²) in [7, 11) is 0. The molecule has 1 amide bonds. The van der Waals surface area contributed by atoms with E-state index in [4.69, 9.17) is 5.73 Å². The number of benzene rings is 1. The lowest BCUT2D eigenvalue weighted by Gasteiger charge is -2.48. The molecule has 2 N–H and O–H groups in total. The highest BCUT2D eigenvalue weighted by atomic mass is 16.2. The van der Waals surface area contributed by atoms with Crippen LogP contribution in [0.25, 0.3) is 0 Å². The molecule has 1 aliphatic heterocycles. The van der Waals surface area contributed by atoms with Gasteiger partial charge >= 0.3 is 0 Å². The van der Waals surface area contributed by atoms with Crippen molar-refractivity contribution in [3.63, 3.8) is 0 Å². The molecule has 30 heavy (non-hydrogen) atoms. The number of fused-ring (bicyclic) bond motifs is 4. The van der Waals surface area contributed by atoms with Crippen LogP contribution in [0.1, 0.15) is 38.7 Å². The molecule has 0 fully saturated rings. The highest BCUT2D eigenvalue weighted by molar-refractivity contribution is 6.12. The van der Waals surface area contributed by atoms with Crippen LogP contribution < -0.4 is 10.6 Å². The van der Waals surface area contributed by atoms with Gasteiger partial charge < -0.3 is 10.6 Å². The van der Waals surface area contributed by atoms with Gasteiger partial charge in [0.2, 0.25) is 11.3 Å². The van der Waals surface area contributed by atoms with Gasteiger partial charge in [-0.2, -0.15) is 15.8 Å². The van der Waals surface area contributed by atoms with E-state index < -0.39 is 16.7 Å². The van der Waals surface area contributed by atoms with E-state index in [1.807, 2.05) is 37.3 Å². The first-order valence-electron chi connectivity index (χ1n) is 10.3. The maximum atomic E-state index is 14.1. The van der Waals surface area contributed by atoms with Crippen molar-refractivity contribution in [1.82, 2.24) is 0 Å². The van der Waals surface area contributed by atoms with Crippen LogP contribution in [0.5, 0.6) is 0 Å². The normalized spacial score (nSPS) is 28.8. The van der Waals surface area contributed by atoms with Gasteiger partial charge in [-0.3, -0.25) is 4.79 Å². The van der Waals surface area contributed by atoms with E-state index in [2.05, 4.69) is 25.1 Å². The molecule has 150 valence electrons. The third-order valence-electron chi connectivity index (χ3n) is 6.87. The molecule has 6 heteroatoms. The Morgan fingerprint density at radius 2 is 1.93 bits per heavy atom. The maximum Gasteiger partial charge on any atom is 0.243 e. The van der Waals surface area contributed by atoms with E-state index in [1.165, 1.54) is 0 Å². The fraction of sp³-hybridized carbons (Fsp3) is 0.417. The van der Waals surface area contributed by atoms with Crippen LogP contribution in [0, 0.1) is 51.2 Å². The number of nitriles is 3. The van der Waals surface area contributed by atoms with Crippen molar-refractivity contribution >= 4 is 11.6 Å². The van der Waals surface area contributed by atoms with E-state index >= 15 is 0 Å². The van der Waals surface area contributed by atoms with Gasteiger partial charge in [-0.05, 0) is 42.4 Å². The van der Waals surface area contributed by atoms with Crippen LogP contribution in [-0.2, 0) is 10.2 Å².